The third-order valence-corrected chi connectivity index (χ3v) is 5.81. The van der Waals surface area contributed by atoms with Crippen molar-refractivity contribution in [3.8, 4) is 5.75 Å². The molecule has 27 heavy (non-hydrogen) atoms. The van der Waals surface area contributed by atoms with Crippen LogP contribution in [0.1, 0.15) is 37.3 Å². The van der Waals surface area contributed by atoms with E-state index in [1.807, 2.05) is 13.0 Å². The summed E-state index contributed by atoms with van der Waals surface area (Å²) in [4.78, 5) is 4.69. The molecule has 2 saturated heterocycles. The zero-order valence-electron chi connectivity index (χ0n) is 16.6. The van der Waals surface area contributed by atoms with Gasteiger partial charge in [-0.2, -0.15) is 0 Å². The fraction of sp³-hybridized carbons (Fsp3) is 0.714. The minimum absolute atomic E-state index is 0.167. The molecular formula is C21H34N2O4. The van der Waals surface area contributed by atoms with Gasteiger partial charge in [-0.15, -0.1) is 0 Å². The van der Waals surface area contributed by atoms with Crippen LogP contribution in [0.25, 0.3) is 0 Å². The van der Waals surface area contributed by atoms with Crippen molar-refractivity contribution in [2.45, 2.75) is 57.6 Å². The molecule has 2 aliphatic rings. The molecule has 6 heteroatoms. The van der Waals surface area contributed by atoms with Crippen LogP contribution in [-0.4, -0.2) is 78.2 Å². The number of aliphatic hydroxyl groups is 2. The topological polar surface area (TPSA) is 65.4 Å². The lowest BCUT2D eigenvalue weighted by atomic mass is 9.96. The average molecular weight is 379 g/mol. The van der Waals surface area contributed by atoms with Crippen LogP contribution in [0, 0.1) is 0 Å². The highest BCUT2D eigenvalue weighted by molar-refractivity contribution is 5.37. The Morgan fingerprint density at radius 3 is 2.56 bits per heavy atom. The van der Waals surface area contributed by atoms with Gasteiger partial charge in [0.1, 0.15) is 5.75 Å². The lowest BCUT2D eigenvalue weighted by molar-refractivity contribution is -0.0355. The van der Waals surface area contributed by atoms with Gasteiger partial charge in [-0.3, -0.25) is 9.80 Å². The van der Waals surface area contributed by atoms with Crippen LogP contribution < -0.4 is 4.74 Å². The first-order chi connectivity index (χ1) is 13.1. The van der Waals surface area contributed by atoms with Crippen LogP contribution in [0.5, 0.6) is 5.75 Å². The second-order valence-electron chi connectivity index (χ2n) is 7.71. The van der Waals surface area contributed by atoms with E-state index in [-0.39, 0.29) is 18.2 Å². The minimum Gasteiger partial charge on any atom is -0.496 e. The van der Waals surface area contributed by atoms with Gasteiger partial charge in [0.05, 0.1) is 25.9 Å². The standard InChI is InChI=1S/C21H34N2O4/c1-3-27-15-17-12-16(4-5-21(17)26-2)13-22-9-8-19(20(25)14-22)23-10-6-18(24)7-11-23/h4-5,12,18-20,24-25H,3,6-11,13-15H2,1-2H3/t19-,20-/m1/s1. The molecule has 0 spiro atoms. The highest BCUT2D eigenvalue weighted by Crippen LogP contribution is 2.25. The van der Waals surface area contributed by atoms with Gasteiger partial charge in [0.25, 0.3) is 0 Å². The Morgan fingerprint density at radius 2 is 1.89 bits per heavy atom. The molecule has 0 aliphatic carbocycles. The van der Waals surface area contributed by atoms with Crippen LogP contribution >= 0.6 is 0 Å². The molecule has 3 rings (SSSR count). The van der Waals surface area contributed by atoms with Crippen LogP contribution in [0.15, 0.2) is 18.2 Å². The maximum atomic E-state index is 10.7. The van der Waals surface area contributed by atoms with E-state index < -0.39 is 0 Å². The fourth-order valence-electron chi connectivity index (χ4n) is 4.29. The molecule has 0 radical (unpaired) electrons. The quantitative estimate of drug-likeness (QED) is 0.752. The Bertz CT molecular complexity index is 590. The van der Waals surface area contributed by atoms with E-state index >= 15 is 0 Å². The summed E-state index contributed by atoms with van der Waals surface area (Å²) in [6.07, 6.45) is 2.11. The van der Waals surface area contributed by atoms with E-state index in [9.17, 15) is 10.2 Å². The summed E-state index contributed by atoms with van der Waals surface area (Å²) >= 11 is 0. The van der Waals surface area contributed by atoms with Gasteiger partial charge in [0, 0.05) is 50.9 Å². The highest BCUT2D eigenvalue weighted by atomic mass is 16.5. The lowest BCUT2D eigenvalue weighted by Crippen LogP contribution is -2.55. The normalized spacial score (nSPS) is 25.6. The molecule has 0 bridgehead atoms. The number of benzene rings is 1. The van der Waals surface area contributed by atoms with Gasteiger partial charge in [0.2, 0.25) is 0 Å². The Balaban J connectivity index is 1.56. The van der Waals surface area contributed by atoms with Gasteiger partial charge in [-0.25, -0.2) is 0 Å². The summed E-state index contributed by atoms with van der Waals surface area (Å²) in [5, 5.41) is 20.4. The molecule has 0 aromatic heterocycles. The number of likely N-dealkylation sites (tertiary alicyclic amines) is 2. The Kier molecular flexibility index (Phi) is 7.49. The van der Waals surface area contributed by atoms with Gasteiger partial charge in [-0.1, -0.05) is 6.07 Å². The molecule has 2 aliphatic heterocycles. The van der Waals surface area contributed by atoms with Crippen LogP contribution in [-0.2, 0) is 17.9 Å². The second kappa shape index (κ2) is 9.85. The third-order valence-electron chi connectivity index (χ3n) is 5.81. The summed E-state index contributed by atoms with van der Waals surface area (Å²) in [6.45, 7) is 7.50. The van der Waals surface area contributed by atoms with Crippen molar-refractivity contribution >= 4 is 0 Å². The maximum absolute atomic E-state index is 10.7. The monoisotopic (exact) mass is 378 g/mol. The van der Waals surface area contributed by atoms with E-state index in [1.165, 1.54) is 5.56 Å². The fourth-order valence-corrected chi connectivity index (χ4v) is 4.29. The van der Waals surface area contributed by atoms with E-state index in [1.54, 1.807) is 7.11 Å². The van der Waals surface area contributed by atoms with Crippen molar-refractivity contribution < 1.29 is 19.7 Å². The predicted octanol–water partition coefficient (Wildman–Crippen LogP) is 1.62. The molecule has 152 valence electrons. The molecule has 2 heterocycles. The first kappa shape index (κ1) is 20.6. The van der Waals surface area contributed by atoms with Crippen molar-refractivity contribution in [1.29, 1.82) is 0 Å². The lowest BCUT2D eigenvalue weighted by Gasteiger charge is -2.43. The smallest absolute Gasteiger partial charge is 0.124 e. The number of β-amino-alcohol motifs (C(OH)–C–C–N with tert-alkyl or cyclic N) is 1. The summed E-state index contributed by atoms with van der Waals surface area (Å²) in [5.74, 6) is 0.859. The number of piperidine rings is 2. The molecule has 0 saturated carbocycles. The van der Waals surface area contributed by atoms with Crippen molar-refractivity contribution in [3.05, 3.63) is 29.3 Å². The van der Waals surface area contributed by atoms with E-state index in [2.05, 4.69) is 21.9 Å². The second-order valence-corrected chi connectivity index (χ2v) is 7.71. The predicted molar refractivity (Wildman–Crippen MR) is 105 cm³/mol. The highest BCUT2D eigenvalue weighted by Gasteiger charge is 2.33. The number of nitrogens with zero attached hydrogens (tertiary/aromatic N) is 2. The van der Waals surface area contributed by atoms with Gasteiger partial charge in [-0.05, 0) is 43.9 Å². The number of hydrogen-bond acceptors (Lipinski definition) is 6. The molecule has 0 unspecified atom stereocenters. The van der Waals surface area contributed by atoms with Crippen molar-refractivity contribution in [1.82, 2.24) is 9.80 Å². The number of ether oxygens (including phenoxy) is 2. The molecular weight excluding hydrogens is 344 g/mol. The SMILES string of the molecule is CCOCc1cc(CN2CC[C@@H](N3CCC(O)CC3)[C@H](O)C2)ccc1OC. The van der Waals surface area contributed by atoms with Crippen molar-refractivity contribution in [2.75, 3.05) is 39.9 Å². The average Bonchev–Trinajstić information content (AvgIpc) is 2.67. The molecule has 2 atom stereocenters. The summed E-state index contributed by atoms with van der Waals surface area (Å²) in [5.41, 5.74) is 2.29. The largest absolute Gasteiger partial charge is 0.496 e. The van der Waals surface area contributed by atoms with E-state index in [0.717, 1.165) is 56.8 Å². The molecule has 2 N–H and O–H groups in total. The first-order valence-electron chi connectivity index (χ1n) is 10.2. The molecule has 1 aromatic carbocycles. The van der Waals surface area contributed by atoms with E-state index in [0.29, 0.717) is 19.8 Å². The zero-order chi connectivity index (χ0) is 19.2. The van der Waals surface area contributed by atoms with Crippen LogP contribution in [0.3, 0.4) is 0 Å². The summed E-state index contributed by atoms with van der Waals surface area (Å²) in [6, 6.07) is 6.47. The van der Waals surface area contributed by atoms with E-state index in [4.69, 9.17) is 9.47 Å². The maximum Gasteiger partial charge on any atom is 0.124 e. The Labute approximate surface area is 162 Å². The third kappa shape index (κ3) is 5.42. The van der Waals surface area contributed by atoms with Gasteiger partial charge >= 0.3 is 0 Å². The number of hydrogen-bond donors (Lipinski definition) is 2. The molecule has 0 amide bonds. The molecule has 1 aromatic rings. The number of methoxy groups -OCH3 is 1. The first-order valence-corrected chi connectivity index (χ1v) is 10.2. The van der Waals surface area contributed by atoms with Crippen molar-refractivity contribution in [3.63, 3.8) is 0 Å². The van der Waals surface area contributed by atoms with Gasteiger partial charge in [0.15, 0.2) is 0 Å². The summed E-state index contributed by atoms with van der Waals surface area (Å²) < 4.78 is 11.0. The van der Waals surface area contributed by atoms with Crippen molar-refractivity contribution in [2.24, 2.45) is 0 Å². The van der Waals surface area contributed by atoms with Gasteiger partial charge < -0.3 is 19.7 Å². The van der Waals surface area contributed by atoms with Crippen LogP contribution in [0.2, 0.25) is 0 Å². The number of rotatable bonds is 7. The summed E-state index contributed by atoms with van der Waals surface area (Å²) in [7, 11) is 1.69. The molecule has 6 nitrogen and oxygen atoms in total. The Hall–Kier alpha value is -1.18. The minimum atomic E-state index is -0.338. The number of aliphatic hydroxyl groups excluding tert-OH is 2. The zero-order valence-corrected chi connectivity index (χ0v) is 16.6. The Morgan fingerprint density at radius 1 is 1.11 bits per heavy atom. The van der Waals surface area contributed by atoms with Crippen LogP contribution in [0.4, 0.5) is 0 Å². The molecule has 2 fully saturated rings.